The van der Waals surface area contributed by atoms with Gasteiger partial charge in [-0.2, -0.15) is 5.26 Å². The highest BCUT2D eigenvalue weighted by atomic mass is 32.2. The second-order valence-corrected chi connectivity index (χ2v) is 7.05. The molecule has 0 amide bonds. The number of rotatable bonds is 4. The molecule has 2 aromatic carbocycles. The van der Waals surface area contributed by atoms with E-state index in [4.69, 9.17) is 10.5 Å². The molecule has 1 aliphatic rings. The summed E-state index contributed by atoms with van der Waals surface area (Å²) in [6.07, 6.45) is 0. The van der Waals surface area contributed by atoms with Crippen LogP contribution in [0.4, 0.5) is 0 Å². The minimum absolute atomic E-state index is 0.244. The lowest BCUT2D eigenvalue weighted by atomic mass is 9.82. The first-order valence-electron chi connectivity index (χ1n) is 7.95. The first-order chi connectivity index (χ1) is 12.6. The molecule has 0 radical (unpaired) electrons. The third-order valence-electron chi connectivity index (χ3n) is 4.45. The lowest BCUT2D eigenvalue weighted by Crippen LogP contribution is -2.37. The number of methoxy groups -OCH3 is 1. The number of nitriles is 1. The molecule has 6 nitrogen and oxygen atoms in total. The normalized spacial score (nSPS) is 22.5. The summed E-state index contributed by atoms with van der Waals surface area (Å²) in [7, 11) is 1.55. The van der Waals surface area contributed by atoms with Gasteiger partial charge in [-0.15, -0.1) is 0 Å². The molecule has 26 heavy (non-hydrogen) atoms. The second-order valence-electron chi connectivity index (χ2n) is 5.87. The van der Waals surface area contributed by atoms with Crippen molar-refractivity contribution < 1.29 is 9.66 Å². The van der Waals surface area contributed by atoms with Gasteiger partial charge in [-0.25, -0.2) is 0 Å². The van der Waals surface area contributed by atoms with Crippen molar-refractivity contribution in [1.29, 1.82) is 5.26 Å². The van der Waals surface area contributed by atoms with E-state index in [0.717, 1.165) is 5.56 Å². The number of ether oxygens (including phenoxy) is 1. The molecule has 2 N–H and O–H groups in total. The molecule has 0 bridgehead atoms. The van der Waals surface area contributed by atoms with Gasteiger partial charge < -0.3 is 10.5 Å². The maximum atomic E-state index is 12.0. The van der Waals surface area contributed by atoms with Gasteiger partial charge in [-0.3, -0.25) is 10.1 Å². The van der Waals surface area contributed by atoms with Crippen LogP contribution in [0.1, 0.15) is 22.3 Å². The number of nitrogens with zero attached hydrogens (tertiary/aromatic N) is 2. The molecule has 3 unspecified atom stereocenters. The van der Waals surface area contributed by atoms with Crippen LogP contribution in [0, 0.1) is 21.4 Å². The first kappa shape index (κ1) is 17.8. The third-order valence-corrected chi connectivity index (χ3v) is 5.73. The Labute approximate surface area is 155 Å². The van der Waals surface area contributed by atoms with Crippen molar-refractivity contribution in [3.05, 3.63) is 86.4 Å². The minimum Gasteiger partial charge on any atom is -0.497 e. The Kier molecular flexibility index (Phi) is 5.14. The van der Waals surface area contributed by atoms with Crippen LogP contribution in [0.15, 0.2) is 65.2 Å². The molecule has 0 fully saturated rings. The monoisotopic (exact) mass is 367 g/mol. The fourth-order valence-corrected chi connectivity index (χ4v) is 4.47. The molecule has 2 aromatic rings. The molecule has 0 spiro atoms. The SMILES string of the molecule is COc1ccc(C2C(C#N)=C(N)SC(c3ccccc3)C2[N+](=O)[O-])cc1. The van der Waals surface area contributed by atoms with E-state index in [2.05, 4.69) is 6.07 Å². The van der Waals surface area contributed by atoms with Crippen LogP contribution in [0.2, 0.25) is 0 Å². The summed E-state index contributed by atoms with van der Waals surface area (Å²) in [6.45, 7) is 0. The highest BCUT2D eigenvalue weighted by Crippen LogP contribution is 2.50. The van der Waals surface area contributed by atoms with Crippen molar-refractivity contribution in [3.8, 4) is 11.8 Å². The van der Waals surface area contributed by atoms with Crippen molar-refractivity contribution in [2.45, 2.75) is 17.2 Å². The van der Waals surface area contributed by atoms with Gasteiger partial charge in [0.2, 0.25) is 6.04 Å². The van der Waals surface area contributed by atoms with Crippen molar-refractivity contribution in [2.75, 3.05) is 7.11 Å². The van der Waals surface area contributed by atoms with Gasteiger partial charge in [0.05, 0.1) is 29.7 Å². The molecule has 0 saturated heterocycles. The van der Waals surface area contributed by atoms with Crippen LogP contribution in [0.3, 0.4) is 0 Å². The zero-order valence-corrected chi connectivity index (χ0v) is 14.8. The van der Waals surface area contributed by atoms with E-state index in [1.807, 2.05) is 30.3 Å². The van der Waals surface area contributed by atoms with Gasteiger partial charge >= 0.3 is 0 Å². The van der Waals surface area contributed by atoms with E-state index in [-0.39, 0.29) is 10.5 Å². The van der Waals surface area contributed by atoms with Gasteiger partial charge in [0.1, 0.15) is 11.0 Å². The largest absolute Gasteiger partial charge is 0.497 e. The van der Waals surface area contributed by atoms with E-state index < -0.39 is 17.2 Å². The maximum Gasteiger partial charge on any atom is 0.240 e. The summed E-state index contributed by atoms with van der Waals surface area (Å²) in [5.41, 5.74) is 7.87. The third kappa shape index (κ3) is 3.24. The molecule has 0 aromatic heterocycles. The number of nitrogens with two attached hydrogens (primary N) is 1. The Morgan fingerprint density at radius 3 is 2.35 bits per heavy atom. The molecule has 3 atom stereocenters. The van der Waals surface area contributed by atoms with Crippen molar-refractivity contribution in [3.63, 3.8) is 0 Å². The number of benzene rings is 2. The first-order valence-corrected chi connectivity index (χ1v) is 8.83. The Balaban J connectivity index is 2.14. The Hall–Kier alpha value is -2.98. The van der Waals surface area contributed by atoms with Crippen LogP contribution in [0.25, 0.3) is 0 Å². The summed E-state index contributed by atoms with van der Waals surface area (Å²) in [6, 6.07) is 17.3. The number of hydrogen-bond donors (Lipinski definition) is 1. The highest BCUT2D eigenvalue weighted by molar-refractivity contribution is 8.03. The molecule has 0 aliphatic carbocycles. The van der Waals surface area contributed by atoms with Crippen LogP contribution in [0.5, 0.6) is 5.75 Å². The smallest absolute Gasteiger partial charge is 0.240 e. The lowest BCUT2D eigenvalue weighted by molar-refractivity contribution is -0.525. The van der Waals surface area contributed by atoms with Crippen molar-refractivity contribution >= 4 is 11.8 Å². The number of thioether (sulfide) groups is 1. The van der Waals surface area contributed by atoms with Gasteiger partial charge in [-0.05, 0) is 23.3 Å². The number of hydrogen-bond acceptors (Lipinski definition) is 6. The van der Waals surface area contributed by atoms with E-state index in [9.17, 15) is 15.4 Å². The van der Waals surface area contributed by atoms with Gasteiger partial charge in [0, 0.05) is 4.92 Å². The zero-order chi connectivity index (χ0) is 18.7. The predicted molar refractivity (Wildman–Crippen MR) is 100 cm³/mol. The fourth-order valence-electron chi connectivity index (χ4n) is 3.21. The molecule has 132 valence electrons. The van der Waals surface area contributed by atoms with Crippen LogP contribution < -0.4 is 10.5 Å². The van der Waals surface area contributed by atoms with Crippen LogP contribution >= 0.6 is 11.8 Å². The summed E-state index contributed by atoms with van der Waals surface area (Å²) >= 11 is 1.18. The molecular formula is C19H17N3O3S. The van der Waals surface area contributed by atoms with Gasteiger partial charge in [0.15, 0.2) is 0 Å². The van der Waals surface area contributed by atoms with Gasteiger partial charge in [0.25, 0.3) is 0 Å². The van der Waals surface area contributed by atoms with Crippen LogP contribution in [-0.4, -0.2) is 18.1 Å². The van der Waals surface area contributed by atoms with E-state index in [0.29, 0.717) is 16.3 Å². The standard InChI is InChI=1S/C19H17N3O3S/c1-25-14-9-7-12(8-10-14)16-15(11-20)19(21)26-18(17(16)22(23)24)13-5-3-2-4-6-13/h2-10,16-18H,21H2,1H3. The average Bonchev–Trinajstić information content (AvgIpc) is 2.67. The minimum atomic E-state index is -1.00. The van der Waals surface area contributed by atoms with E-state index >= 15 is 0 Å². The summed E-state index contributed by atoms with van der Waals surface area (Å²) in [4.78, 5) is 11.7. The molecule has 3 rings (SSSR count). The maximum absolute atomic E-state index is 12.0. The Morgan fingerprint density at radius 1 is 1.15 bits per heavy atom. The molecular weight excluding hydrogens is 350 g/mol. The second kappa shape index (κ2) is 7.50. The van der Waals surface area contributed by atoms with E-state index in [1.165, 1.54) is 11.8 Å². The molecule has 1 heterocycles. The lowest BCUT2D eigenvalue weighted by Gasteiger charge is -2.32. The van der Waals surface area contributed by atoms with Crippen molar-refractivity contribution in [2.24, 2.45) is 5.73 Å². The Morgan fingerprint density at radius 2 is 1.81 bits per heavy atom. The molecule has 7 heteroatoms. The summed E-state index contributed by atoms with van der Waals surface area (Å²) in [5.74, 6) is -0.0704. The summed E-state index contributed by atoms with van der Waals surface area (Å²) in [5, 5.41) is 21.5. The average molecular weight is 367 g/mol. The molecule has 1 aliphatic heterocycles. The van der Waals surface area contributed by atoms with Crippen molar-refractivity contribution in [1.82, 2.24) is 0 Å². The predicted octanol–water partition coefficient (Wildman–Crippen LogP) is 3.61. The van der Waals surface area contributed by atoms with Crippen LogP contribution in [-0.2, 0) is 0 Å². The topological polar surface area (TPSA) is 102 Å². The quantitative estimate of drug-likeness (QED) is 0.654. The zero-order valence-electron chi connectivity index (χ0n) is 14.0. The van der Waals surface area contributed by atoms with Gasteiger partial charge in [-0.1, -0.05) is 54.2 Å². The Bertz CT molecular complexity index is 875. The molecule has 0 saturated carbocycles. The van der Waals surface area contributed by atoms with E-state index in [1.54, 1.807) is 31.4 Å². The fraction of sp³-hybridized carbons (Fsp3) is 0.211. The highest BCUT2D eigenvalue weighted by Gasteiger charge is 2.48. The summed E-state index contributed by atoms with van der Waals surface area (Å²) < 4.78 is 5.16. The number of nitro groups is 1.